The summed E-state index contributed by atoms with van der Waals surface area (Å²) in [5, 5.41) is 5.59. The molecule has 7 nitrogen and oxygen atoms in total. The van der Waals surface area contributed by atoms with Gasteiger partial charge in [0.25, 0.3) is 18.8 Å². The van der Waals surface area contributed by atoms with Crippen molar-refractivity contribution < 1.29 is 40.3 Å². The Bertz CT molecular complexity index is 1530. The molecule has 0 radical (unpaired) electrons. The molecule has 0 aliphatic rings. The Balaban J connectivity index is 1.85. The zero-order valence-electron chi connectivity index (χ0n) is 19.1. The number of rotatable bonds is 7. The fourth-order valence-electron chi connectivity index (χ4n) is 3.67. The number of carbonyl (C=O) groups is 2. The summed E-state index contributed by atoms with van der Waals surface area (Å²) in [5.74, 6) is -2.17. The number of aryl methyl sites for hydroxylation is 1. The third kappa shape index (κ3) is 5.32. The number of amides is 2. The zero-order chi connectivity index (χ0) is 27.9. The second-order valence-corrected chi connectivity index (χ2v) is 9.07. The maximum atomic E-state index is 13.6. The molecule has 0 spiro atoms. The van der Waals surface area contributed by atoms with Crippen molar-refractivity contribution in [2.45, 2.75) is 32.5 Å². The molecule has 0 saturated heterocycles. The van der Waals surface area contributed by atoms with Crippen molar-refractivity contribution in [3.8, 4) is 11.1 Å². The number of pyridine rings is 1. The van der Waals surface area contributed by atoms with E-state index in [1.54, 1.807) is 19.1 Å². The lowest BCUT2D eigenvalue weighted by Gasteiger charge is -2.13. The Morgan fingerprint density at radius 2 is 1.74 bits per heavy atom. The molecule has 0 bridgehead atoms. The van der Waals surface area contributed by atoms with E-state index in [0.717, 1.165) is 11.6 Å². The Morgan fingerprint density at radius 1 is 1.08 bits per heavy atom. The number of nitrogens with two attached hydrogens (primary N) is 1. The zero-order valence-corrected chi connectivity index (χ0v) is 19.9. The largest absolute Gasteiger partial charge is 0.433 e. The van der Waals surface area contributed by atoms with Crippen LogP contribution in [0.5, 0.6) is 0 Å². The van der Waals surface area contributed by atoms with Crippen LogP contribution in [0, 0.1) is 6.92 Å². The van der Waals surface area contributed by atoms with Gasteiger partial charge in [-0.25, -0.2) is 22.5 Å². The highest BCUT2D eigenvalue weighted by Crippen LogP contribution is 2.43. The number of primary amides is 1. The molecule has 200 valence electrons. The first-order chi connectivity index (χ1) is 17.8. The summed E-state index contributed by atoms with van der Waals surface area (Å²) < 4.78 is 93.8. The van der Waals surface area contributed by atoms with Crippen LogP contribution in [0.4, 0.5) is 36.4 Å². The molecule has 3 heterocycles. The second-order valence-electron chi connectivity index (χ2n) is 8.07. The van der Waals surface area contributed by atoms with Gasteiger partial charge in [0.05, 0.1) is 5.69 Å². The number of aromatic nitrogens is 3. The summed E-state index contributed by atoms with van der Waals surface area (Å²) >= 11 is 0.497. The van der Waals surface area contributed by atoms with Gasteiger partial charge in [-0.05, 0) is 30.2 Å². The van der Waals surface area contributed by atoms with Crippen molar-refractivity contribution in [3.05, 3.63) is 63.9 Å². The van der Waals surface area contributed by atoms with Gasteiger partial charge in [0.2, 0.25) is 5.91 Å². The van der Waals surface area contributed by atoms with E-state index in [1.165, 1.54) is 12.1 Å². The van der Waals surface area contributed by atoms with E-state index in [9.17, 15) is 40.3 Å². The van der Waals surface area contributed by atoms with Crippen molar-refractivity contribution in [3.63, 3.8) is 0 Å². The first-order valence-electron chi connectivity index (χ1n) is 10.6. The quantitative estimate of drug-likeness (QED) is 0.267. The van der Waals surface area contributed by atoms with Gasteiger partial charge in [-0.1, -0.05) is 29.8 Å². The molecular weight excluding hydrogens is 543 g/mol. The van der Waals surface area contributed by atoms with Crippen LogP contribution in [-0.2, 0) is 17.5 Å². The van der Waals surface area contributed by atoms with E-state index in [2.05, 4.69) is 15.4 Å². The van der Waals surface area contributed by atoms with Crippen LogP contribution in [0.1, 0.15) is 45.2 Å². The number of hydrogen-bond acceptors (Lipinski definition) is 5. The minimum atomic E-state index is -4.85. The molecule has 0 aliphatic heterocycles. The average molecular weight is 559 g/mol. The summed E-state index contributed by atoms with van der Waals surface area (Å²) in [5.41, 5.74) is 3.01. The Kier molecular flexibility index (Phi) is 7.14. The monoisotopic (exact) mass is 559 g/mol. The maximum Gasteiger partial charge on any atom is 0.433 e. The number of fused-ring (bicyclic) bond motifs is 1. The first kappa shape index (κ1) is 27.0. The normalized spacial score (nSPS) is 12.1. The minimum absolute atomic E-state index is 0.0336. The molecule has 4 rings (SSSR count). The number of thiophene rings is 1. The lowest BCUT2D eigenvalue weighted by atomic mass is 10.00. The van der Waals surface area contributed by atoms with Crippen LogP contribution in [0.3, 0.4) is 0 Å². The smallest absolute Gasteiger partial charge is 0.365 e. The van der Waals surface area contributed by atoms with Crippen molar-refractivity contribution >= 4 is 39.1 Å². The molecular formula is C23H16F7N5O2S. The molecule has 0 aliphatic carbocycles. The van der Waals surface area contributed by atoms with Crippen LogP contribution < -0.4 is 11.1 Å². The number of halogens is 7. The molecule has 0 unspecified atom stereocenters. The number of anilines is 1. The van der Waals surface area contributed by atoms with E-state index in [1.807, 2.05) is 0 Å². The van der Waals surface area contributed by atoms with Gasteiger partial charge in [0, 0.05) is 5.39 Å². The number of hydrogen-bond donors (Lipinski definition) is 2. The Morgan fingerprint density at radius 3 is 2.29 bits per heavy atom. The molecule has 2 amide bonds. The number of carbonyl (C=O) groups excluding carboxylic acids is 2. The van der Waals surface area contributed by atoms with E-state index in [0.29, 0.717) is 27.6 Å². The second kappa shape index (κ2) is 10.0. The van der Waals surface area contributed by atoms with Crippen LogP contribution in [-0.4, -0.2) is 26.6 Å². The van der Waals surface area contributed by atoms with E-state index >= 15 is 0 Å². The van der Waals surface area contributed by atoms with Gasteiger partial charge in [-0.3, -0.25) is 14.3 Å². The highest BCUT2D eigenvalue weighted by atomic mass is 32.1. The van der Waals surface area contributed by atoms with Gasteiger partial charge < -0.3 is 11.1 Å². The van der Waals surface area contributed by atoms with Gasteiger partial charge in [-0.15, -0.1) is 11.3 Å². The van der Waals surface area contributed by atoms with E-state index in [4.69, 9.17) is 5.73 Å². The molecule has 3 aromatic heterocycles. The molecule has 0 atom stereocenters. The van der Waals surface area contributed by atoms with Crippen molar-refractivity contribution in [2.75, 3.05) is 5.32 Å². The SMILES string of the molecule is Cc1ccc(-c2cc(C(F)(F)F)nc3sc(C(N)=O)c(NC(=O)Cn4nc(C(F)F)cc4C(F)F)c23)cc1. The molecule has 38 heavy (non-hydrogen) atoms. The summed E-state index contributed by atoms with van der Waals surface area (Å²) in [6.45, 7) is 0.798. The fraction of sp³-hybridized carbons (Fsp3) is 0.217. The van der Waals surface area contributed by atoms with Crippen LogP contribution >= 0.6 is 11.3 Å². The third-order valence-electron chi connectivity index (χ3n) is 5.37. The number of benzene rings is 1. The molecule has 0 fully saturated rings. The van der Waals surface area contributed by atoms with Crippen LogP contribution in [0.2, 0.25) is 0 Å². The lowest BCUT2D eigenvalue weighted by Crippen LogP contribution is -2.23. The highest BCUT2D eigenvalue weighted by molar-refractivity contribution is 7.21. The van der Waals surface area contributed by atoms with Gasteiger partial charge in [0.1, 0.15) is 33.3 Å². The van der Waals surface area contributed by atoms with E-state index < -0.39 is 54.5 Å². The molecule has 0 saturated carbocycles. The Hall–Kier alpha value is -4.01. The molecule has 15 heteroatoms. The van der Waals surface area contributed by atoms with Crippen molar-refractivity contribution in [2.24, 2.45) is 5.73 Å². The predicted molar refractivity (Wildman–Crippen MR) is 124 cm³/mol. The maximum absolute atomic E-state index is 13.6. The van der Waals surface area contributed by atoms with Gasteiger partial charge in [-0.2, -0.15) is 18.3 Å². The first-order valence-corrected chi connectivity index (χ1v) is 11.4. The highest BCUT2D eigenvalue weighted by Gasteiger charge is 2.35. The van der Waals surface area contributed by atoms with E-state index in [-0.39, 0.29) is 26.3 Å². The van der Waals surface area contributed by atoms with Crippen LogP contribution in [0.25, 0.3) is 21.3 Å². The summed E-state index contributed by atoms with van der Waals surface area (Å²) in [6.07, 6.45) is -11.3. The lowest BCUT2D eigenvalue weighted by molar-refractivity contribution is -0.140. The average Bonchev–Trinajstić information content (AvgIpc) is 3.41. The predicted octanol–water partition coefficient (Wildman–Crippen LogP) is 6.10. The van der Waals surface area contributed by atoms with Crippen molar-refractivity contribution in [1.29, 1.82) is 0 Å². The summed E-state index contributed by atoms with van der Waals surface area (Å²) in [7, 11) is 0. The number of nitrogens with one attached hydrogen (secondary N) is 1. The molecule has 4 aromatic rings. The Labute approximate surface area is 213 Å². The van der Waals surface area contributed by atoms with Crippen LogP contribution in [0.15, 0.2) is 36.4 Å². The van der Waals surface area contributed by atoms with Crippen molar-refractivity contribution in [1.82, 2.24) is 14.8 Å². The number of alkyl halides is 7. The summed E-state index contributed by atoms with van der Waals surface area (Å²) in [6, 6.07) is 7.54. The minimum Gasteiger partial charge on any atom is -0.365 e. The van der Waals surface area contributed by atoms with Gasteiger partial charge >= 0.3 is 6.18 Å². The molecule has 1 aromatic carbocycles. The number of nitrogens with zero attached hydrogens (tertiary/aromatic N) is 3. The third-order valence-corrected chi connectivity index (χ3v) is 6.47. The topological polar surface area (TPSA) is 103 Å². The standard InChI is InChI=1S/C23H16F7N5O2S/c1-9-2-4-10(5-3-9)11-6-14(23(28,29)30)32-22-16(11)17(18(38-22)21(31)37)33-15(36)8-35-13(20(26)27)7-12(34-35)19(24)25/h2-7,19-20H,8H2,1H3,(H2,31,37)(H,33,36). The fourth-order valence-corrected chi connectivity index (χ4v) is 4.68. The summed E-state index contributed by atoms with van der Waals surface area (Å²) in [4.78, 5) is 28.0. The van der Waals surface area contributed by atoms with Gasteiger partial charge in [0.15, 0.2) is 0 Å². The molecule has 3 N–H and O–H groups in total.